The van der Waals surface area contributed by atoms with Crippen molar-refractivity contribution in [3.05, 3.63) is 40.1 Å². The van der Waals surface area contributed by atoms with E-state index >= 15 is 0 Å². The summed E-state index contributed by atoms with van der Waals surface area (Å²) in [5.74, 6) is 1.85. The molecule has 3 aromatic rings. The second-order valence-electron chi connectivity index (χ2n) is 7.16. The average molecular weight is 412 g/mol. The van der Waals surface area contributed by atoms with Gasteiger partial charge in [0.1, 0.15) is 17.9 Å². The van der Waals surface area contributed by atoms with Crippen LogP contribution in [0.2, 0.25) is 0 Å². The van der Waals surface area contributed by atoms with Crippen molar-refractivity contribution in [3.8, 4) is 17.2 Å². The maximum atomic E-state index is 13.0. The normalized spacial score (nSPS) is 12.7. The Labute approximate surface area is 173 Å². The molecule has 158 valence electrons. The van der Waals surface area contributed by atoms with E-state index in [1.54, 1.807) is 21.3 Å². The Kier molecular flexibility index (Phi) is 5.11. The Bertz CT molecular complexity index is 1170. The number of rotatable bonds is 6. The van der Waals surface area contributed by atoms with Crippen molar-refractivity contribution in [1.29, 1.82) is 0 Å². The van der Waals surface area contributed by atoms with Crippen molar-refractivity contribution < 1.29 is 19.0 Å². The Morgan fingerprint density at radius 1 is 1.13 bits per heavy atom. The van der Waals surface area contributed by atoms with Gasteiger partial charge in [-0.05, 0) is 19.4 Å². The van der Waals surface area contributed by atoms with Crippen LogP contribution in [0.3, 0.4) is 0 Å². The fourth-order valence-corrected chi connectivity index (χ4v) is 3.93. The van der Waals surface area contributed by atoms with Crippen molar-refractivity contribution >= 4 is 22.6 Å². The monoisotopic (exact) mass is 412 g/mol. The zero-order chi connectivity index (χ0) is 21.4. The predicted molar refractivity (Wildman–Crippen MR) is 112 cm³/mol. The quantitative estimate of drug-likeness (QED) is 0.666. The largest absolute Gasteiger partial charge is 0.493 e. The van der Waals surface area contributed by atoms with Crippen molar-refractivity contribution in [2.45, 2.75) is 32.9 Å². The first-order chi connectivity index (χ1) is 14.5. The summed E-state index contributed by atoms with van der Waals surface area (Å²) in [5, 5.41) is 2.84. The third kappa shape index (κ3) is 3.26. The molecule has 1 amide bonds. The second-order valence-corrected chi connectivity index (χ2v) is 7.16. The first-order valence-electron chi connectivity index (χ1n) is 9.66. The minimum Gasteiger partial charge on any atom is -0.493 e. The fraction of sp³-hybridized carbons (Fsp3) is 0.381. The number of benzene rings is 1. The summed E-state index contributed by atoms with van der Waals surface area (Å²) in [6.07, 6.45) is 1.71. The third-order valence-corrected chi connectivity index (χ3v) is 5.33. The number of anilines is 1. The van der Waals surface area contributed by atoms with Crippen molar-refractivity contribution in [1.82, 2.24) is 14.1 Å². The summed E-state index contributed by atoms with van der Waals surface area (Å²) in [4.78, 5) is 30.4. The number of aryl methyl sites for hydroxylation is 2. The van der Waals surface area contributed by atoms with E-state index in [-0.39, 0.29) is 18.0 Å². The summed E-state index contributed by atoms with van der Waals surface area (Å²) in [6.45, 7) is 2.52. The van der Waals surface area contributed by atoms with Gasteiger partial charge in [-0.25, -0.2) is 4.98 Å². The van der Waals surface area contributed by atoms with E-state index in [4.69, 9.17) is 14.2 Å². The maximum absolute atomic E-state index is 13.0. The Hall–Kier alpha value is -3.49. The standard InChI is InChI=1S/C21H24N4O5/c1-12-8-14-19(21(27)24-7-5-6-17(24)23-14)25(12)11-18(26)22-13-9-15(28-2)20(30-4)16(10-13)29-3/h8-10H,5-7,11H2,1-4H3,(H,22,26). The van der Waals surface area contributed by atoms with Gasteiger partial charge in [-0.1, -0.05) is 0 Å². The maximum Gasteiger partial charge on any atom is 0.278 e. The van der Waals surface area contributed by atoms with Crippen LogP contribution >= 0.6 is 0 Å². The number of amides is 1. The van der Waals surface area contributed by atoms with Crippen LogP contribution in [0.25, 0.3) is 11.0 Å². The number of hydrogen-bond acceptors (Lipinski definition) is 6. The molecule has 1 aromatic carbocycles. The van der Waals surface area contributed by atoms with Crippen molar-refractivity contribution in [2.75, 3.05) is 26.6 Å². The molecule has 3 heterocycles. The molecular formula is C21H24N4O5. The van der Waals surface area contributed by atoms with Crippen LogP contribution in [0.4, 0.5) is 5.69 Å². The van der Waals surface area contributed by atoms with E-state index in [0.717, 1.165) is 24.4 Å². The number of fused-ring (bicyclic) bond motifs is 2. The number of aromatic nitrogens is 3. The summed E-state index contributed by atoms with van der Waals surface area (Å²) in [6, 6.07) is 5.16. The van der Waals surface area contributed by atoms with Gasteiger partial charge in [0.15, 0.2) is 11.5 Å². The van der Waals surface area contributed by atoms with Gasteiger partial charge in [-0.3, -0.25) is 14.2 Å². The first kappa shape index (κ1) is 19.8. The molecule has 0 unspecified atom stereocenters. The molecule has 0 fully saturated rings. The van der Waals surface area contributed by atoms with Crippen LogP contribution < -0.4 is 25.1 Å². The molecule has 0 saturated carbocycles. The molecule has 0 spiro atoms. The molecule has 0 saturated heterocycles. The SMILES string of the molecule is COc1cc(NC(=O)Cn2c(C)cc3nc4n(c(=O)c32)CCC4)cc(OC)c1OC. The van der Waals surface area contributed by atoms with E-state index < -0.39 is 0 Å². The average Bonchev–Trinajstić information content (AvgIpc) is 3.32. The summed E-state index contributed by atoms with van der Waals surface area (Å²) in [5.41, 5.74) is 2.30. The van der Waals surface area contributed by atoms with Crippen molar-refractivity contribution in [2.24, 2.45) is 0 Å². The molecule has 2 aromatic heterocycles. The lowest BCUT2D eigenvalue weighted by atomic mass is 10.2. The number of ether oxygens (including phenoxy) is 3. The van der Waals surface area contributed by atoms with Gasteiger partial charge in [0.25, 0.3) is 5.56 Å². The van der Waals surface area contributed by atoms with Gasteiger partial charge in [0.2, 0.25) is 11.7 Å². The van der Waals surface area contributed by atoms with Gasteiger partial charge in [-0.2, -0.15) is 0 Å². The molecule has 0 aliphatic carbocycles. The molecule has 9 heteroatoms. The van der Waals surface area contributed by atoms with Crippen LogP contribution in [-0.4, -0.2) is 41.4 Å². The topological polar surface area (TPSA) is 96.6 Å². The number of methoxy groups -OCH3 is 3. The molecule has 0 radical (unpaired) electrons. The zero-order valence-corrected chi connectivity index (χ0v) is 17.4. The smallest absolute Gasteiger partial charge is 0.278 e. The molecule has 9 nitrogen and oxygen atoms in total. The lowest BCUT2D eigenvalue weighted by Gasteiger charge is -2.15. The highest BCUT2D eigenvalue weighted by molar-refractivity contribution is 5.92. The summed E-state index contributed by atoms with van der Waals surface area (Å²) < 4.78 is 19.4. The Morgan fingerprint density at radius 2 is 1.83 bits per heavy atom. The molecule has 1 N–H and O–H groups in total. The van der Waals surface area contributed by atoms with Gasteiger partial charge in [0, 0.05) is 36.5 Å². The zero-order valence-electron chi connectivity index (χ0n) is 17.4. The number of carbonyl (C=O) groups is 1. The highest BCUT2D eigenvalue weighted by Gasteiger charge is 2.21. The molecule has 0 atom stereocenters. The highest BCUT2D eigenvalue weighted by Crippen LogP contribution is 2.39. The van der Waals surface area contributed by atoms with Gasteiger partial charge >= 0.3 is 0 Å². The molecule has 1 aliphatic heterocycles. The van der Waals surface area contributed by atoms with Crippen LogP contribution in [-0.2, 0) is 24.3 Å². The molecule has 30 heavy (non-hydrogen) atoms. The third-order valence-electron chi connectivity index (χ3n) is 5.33. The first-order valence-corrected chi connectivity index (χ1v) is 9.66. The highest BCUT2D eigenvalue weighted by atomic mass is 16.5. The Morgan fingerprint density at radius 3 is 2.47 bits per heavy atom. The van der Waals surface area contributed by atoms with Crippen LogP contribution in [0.5, 0.6) is 17.2 Å². The van der Waals surface area contributed by atoms with Gasteiger partial charge in [0.05, 0.1) is 26.8 Å². The Balaban J connectivity index is 1.65. The summed E-state index contributed by atoms with van der Waals surface area (Å²) >= 11 is 0. The predicted octanol–water partition coefficient (Wildman–Crippen LogP) is 2.12. The van der Waals surface area contributed by atoms with Gasteiger partial charge in [-0.15, -0.1) is 0 Å². The second kappa shape index (κ2) is 7.74. The van der Waals surface area contributed by atoms with E-state index in [1.807, 2.05) is 13.0 Å². The molecule has 4 rings (SSSR count). The van der Waals surface area contributed by atoms with Crippen LogP contribution in [0.1, 0.15) is 17.9 Å². The van der Waals surface area contributed by atoms with Crippen molar-refractivity contribution in [3.63, 3.8) is 0 Å². The van der Waals surface area contributed by atoms with E-state index in [2.05, 4.69) is 10.3 Å². The minimum atomic E-state index is -0.283. The van der Waals surface area contributed by atoms with Gasteiger partial charge < -0.3 is 24.1 Å². The number of nitrogens with zero attached hydrogens (tertiary/aromatic N) is 3. The molecular weight excluding hydrogens is 388 g/mol. The lowest BCUT2D eigenvalue weighted by Crippen LogP contribution is -2.26. The number of nitrogens with one attached hydrogen (secondary N) is 1. The summed E-state index contributed by atoms with van der Waals surface area (Å²) in [7, 11) is 4.54. The molecule has 0 bridgehead atoms. The fourth-order valence-electron chi connectivity index (χ4n) is 3.93. The van der Waals surface area contributed by atoms with Crippen LogP contribution in [0.15, 0.2) is 23.0 Å². The minimum absolute atomic E-state index is 0.0116. The number of hydrogen-bond donors (Lipinski definition) is 1. The lowest BCUT2D eigenvalue weighted by molar-refractivity contribution is -0.116. The number of carbonyl (C=O) groups excluding carboxylic acids is 1. The van der Waals surface area contributed by atoms with Crippen LogP contribution in [0, 0.1) is 6.92 Å². The van der Waals surface area contributed by atoms with E-state index in [9.17, 15) is 9.59 Å². The molecule has 1 aliphatic rings. The van der Waals surface area contributed by atoms with E-state index in [0.29, 0.717) is 40.5 Å². The van der Waals surface area contributed by atoms with E-state index in [1.165, 1.54) is 21.3 Å².